The number of unbranched alkanes of at least 4 members (excludes halogenated alkanes) is 1. The zero-order valence-corrected chi connectivity index (χ0v) is 48.8. The minimum atomic E-state index is -2.29. The molecule has 394 valence electrons. The van der Waals surface area contributed by atoms with Crippen LogP contribution in [0.4, 0.5) is 17.1 Å². The first-order chi connectivity index (χ1) is 36.8. The SMILES string of the molecule is [2H]C([2H])([2H])c1cc(C(C)(C)C)cc(-c2cc(-c3ccccc3)cc(C(C)(C)C)c2)c1CCCCN1[CH-]N(c2[c-]c(COc3[c-]c4c(cc3)c3ccccc3n4-c3cc(C(C)(C)C)ccn3)cc(C(C)(C)C)c2)c2ccccc21.[Pt]. The van der Waals surface area contributed by atoms with Crippen LogP contribution in [0, 0.1) is 25.7 Å². The molecule has 0 radical (unpaired) electrons. The molecule has 3 heterocycles. The van der Waals surface area contributed by atoms with E-state index in [1.54, 1.807) is 0 Å². The molecule has 0 saturated heterocycles. The van der Waals surface area contributed by atoms with Gasteiger partial charge in [-0.3, -0.25) is 0 Å². The molecule has 1 aliphatic heterocycles. The van der Waals surface area contributed by atoms with E-state index >= 15 is 0 Å². The summed E-state index contributed by atoms with van der Waals surface area (Å²) in [5, 5.41) is 2.24. The van der Waals surface area contributed by atoms with E-state index in [1.165, 1.54) is 16.7 Å². The number of pyridine rings is 1. The molecule has 0 unspecified atom stereocenters. The molecule has 1 aliphatic rings. The van der Waals surface area contributed by atoms with Crippen molar-refractivity contribution in [2.75, 3.05) is 16.3 Å². The topological polar surface area (TPSA) is 33.5 Å². The predicted octanol–water partition coefficient (Wildman–Crippen LogP) is 18.3. The van der Waals surface area contributed by atoms with Crippen molar-refractivity contribution in [2.24, 2.45) is 0 Å². The zero-order chi connectivity index (χ0) is 55.5. The van der Waals surface area contributed by atoms with Crippen LogP contribution in [0.2, 0.25) is 0 Å². The van der Waals surface area contributed by atoms with Crippen molar-refractivity contribution in [3.63, 3.8) is 0 Å². The van der Waals surface area contributed by atoms with E-state index in [0.29, 0.717) is 24.3 Å². The molecule has 0 saturated carbocycles. The maximum atomic E-state index is 8.94. The van der Waals surface area contributed by atoms with Gasteiger partial charge in [-0.2, -0.15) is 30.4 Å². The van der Waals surface area contributed by atoms with Crippen molar-refractivity contribution in [3.8, 4) is 33.8 Å². The first-order valence-corrected chi connectivity index (χ1v) is 26.8. The molecule has 9 aromatic rings. The molecule has 10 rings (SSSR count). The van der Waals surface area contributed by atoms with Gasteiger partial charge in [0, 0.05) is 54.0 Å². The largest absolute Gasteiger partial charge is 0.517 e. The van der Waals surface area contributed by atoms with Crippen molar-refractivity contribution in [1.29, 1.82) is 0 Å². The molecular weight excluding hydrogens is 1110 g/mol. The van der Waals surface area contributed by atoms with Gasteiger partial charge in [0.05, 0.1) is 6.61 Å². The Labute approximate surface area is 472 Å². The van der Waals surface area contributed by atoms with Gasteiger partial charge in [-0.1, -0.05) is 174 Å². The number of rotatable bonds is 12. The van der Waals surface area contributed by atoms with Crippen LogP contribution in [0.25, 0.3) is 49.9 Å². The third-order valence-corrected chi connectivity index (χ3v) is 14.9. The molecular formula is C70H75N4OPt-3. The Hall–Kier alpha value is -6.42. The Morgan fingerprint density at radius 2 is 1.24 bits per heavy atom. The molecule has 0 fully saturated rings. The van der Waals surface area contributed by atoms with Crippen LogP contribution in [0.5, 0.6) is 5.75 Å². The summed E-state index contributed by atoms with van der Waals surface area (Å²) in [6, 6.07) is 59.0. The van der Waals surface area contributed by atoms with Crippen LogP contribution in [0.3, 0.4) is 0 Å². The van der Waals surface area contributed by atoms with E-state index in [1.807, 2.05) is 24.4 Å². The number of hydrogen-bond acceptors (Lipinski definition) is 4. The minimum Gasteiger partial charge on any atom is -0.517 e. The van der Waals surface area contributed by atoms with Gasteiger partial charge in [-0.15, -0.1) is 34.8 Å². The summed E-state index contributed by atoms with van der Waals surface area (Å²) < 4.78 is 35.7. The van der Waals surface area contributed by atoms with E-state index in [4.69, 9.17) is 13.8 Å². The first-order valence-electron chi connectivity index (χ1n) is 28.3. The van der Waals surface area contributed by atoms with Crippen molar-refractivity contribution in [1.82, 2.24) is 9.55 Å². The Bertz CT molecular complexity index is 3660. The monoisotopic (exact) mass is 1190 g/mol. The Kier molecular flexibility index (Phi) is 14.1. The average molecular weight is 1190 g/mol. The van der Waals surface area contributed by atoms with Crippen LogP contribution in [0.1, 0.15) is 139 Å². The van der Waals surface area contributed by atoms with Gasteiger partial charge >= 0.3 is 0 Å². The molecule has 2 aromatic heterocycles. The van der Waals surface area contributed by atoms with Crippen molar-refractivity contribution in [2.45, 2.75) is 137 Å². The maximum absolute atomic E-state index is 8.94. The smallest absolute Gasteiger partial charge is 0.135 e. The number of ether oxygens (including phenoxy) is 1. The number of aromatic nitrogens is 2. The summed E-state index contributed by atoms with van der Waals surface area (Å²) in [5.74, 6) is 1.50. The number of fused-ring (bicyclic) bond motifs is 4. The molecule has 0 amide bonds. The third kappa shape index (κ3) is 11.3. The number of nitrogens with zero attached hydrogens (tertiary/aromatic N) is 4. The third-order valence-electron chi connectivity index (χ3n) is 14.9. The van der Waals surface area contributed by atoms with Crippen molar-refractivity contribution >= 4 is 38.9 Å². The van der Waals surface area contributed by atoms with Gasteiger partial charge < -0.3 is 19.1 Å². The number of aryl methyl sites for hydroxylation is 1. The van der Waals surface area contributed by atoms with Gasteiger partial charge in [-0.25, -0.2) is 4.98 Å². The van der Waals surface area contributed by atoms with Gasteiger partial charge in [0.15, 0.2) is 0 Å². The minimum absolute atomic E-state index is 0. The van der Waals surface area contributed by atoms with Gasteiger partial charge in [0.2, 0.25) is 0 Å². The van der Waals surface area contributed by atoms with Crippen LogP contribution in [-0.2, 0) is 55.8 Å². The second-order valence-electron chi connectivity index (χ2n) is 24.7. The van der Waals surface area contributed by atoms with Crippen molar-refractivity contribution < 1.29 is 29.9 Å². The first kappa shape index (κ1) is 50.4. The van der Waals surface area contributed by atoms with Crippen LogP contribution >= 0.6 is 0 Å². The molecule has 0 aliphatic carbocycles. The molecule has 0 atom stereocenters. The second kappa shape index (κ2) is 21.2. The fourth-order valence-corrected chi connectivity index (χ4v) is 10.4. The molecule has 0 spiro atoms. The Morgan fingerprint density at radius 1 is 0.579 bits per heavy atom. The van der Waals surface area contributed by atoms with E-state index in [-0.39, 0.29) is 42.7 Å². The number of para-hydroxylation sites is 3. The summed E-state index contributed by atoms with van der Waals surface area (Å²) in [6.45, 7) is 27.6. The van der Waals surface area contributed by atoms with Crippen LogP contribution in [0.15, 0.2) is 152 Å². The quantitative estimate of drug-likeness (QED) is 0.0902. The molecule has 5 nitrogen and oxygen atoms in total. The number of anilines is 3. The molecule has 0 N–H and O–H groups in total. The summed E-state index contributed by atoms with van der Waals surface area (Å²) in [7, 11) is 0. The van der Waals surface area contributed by atoms with E-state index in [0.717, 1.165) is 103 Å². The summed E-state index contributed by atoms with van der Waals surface area (Å²) >= 11 is 0. The summed E-state index contributed by atoms with van der Waals surface area (Å²) in [5.41, 5.74) is 15.9. The number of hydrogen-bond donors (Lipinski definition) is 0. The second-order valence-corrected chi connectivity index (χ2v) is 24.7. The molecule has 7 aromatic carbocycles. The fourth-order valence-electron chi connectivity index (χ4n) is 10.4. The van der Waals surface area contributed by atoms with E-state index in [9.17, 15) is 0 Å². The molecule has 0 bridgehead atoms. The van der Waals surface area contributed by atoms with Gasteiger partial charge in [-0.05, 0) is 146 Å². The molecule has 76 heavy (non-hydrogen) atoms. The predicted molar refractivity (Wildman–Crippen MR) is 317 cm³/mol. The van der Waals surface area contributed by atoms with Crippen LogP contribution in [-0.4, -0.2) is 16.1 Å². The Morgan fingerprint density at radius 3 is 1.96 bits per heavy atom. The summed E-state index contributed by atoms with van der Waals surface area (Å²) in [4.78, 5) is 9.47. The van der Waals surface area contributed by atoms with Crippen molar-refractivity contribution in [3.05, 3.63) is 210 Å². The van der Waals surface area contributed by atoms with Gasteiger partial charge in [0.1, 0.15) is 5.82 Å². The zero-order valence-electron chi connectivity index (χ0n) is 49.6. The standard InChI is InChI=1S/C70H75N4O.Pt/c1-47-35-53(68(5,6)7)42-61(51-38-50(49-23-15-14-16-24-49)39-55(40-51)70(11,12)13)58(47)25-21-22-34-72-46-73(64-29-20-19-28-63(64)72)56-37-48(36-54(41-56)69(8,9)10)45-75-57-30-31-60-59-26-17-18-27-62(59)74(65(60)44-57)66-43-52(32-33-71-66)67(2,3)4;/h14-20,23-24,26-33,35-36,38-43,46H,21-22,25,34,45H2,1-13H3;/q-3;/i1D3;. The fraction of sp³-hybridized carbons (Fsp3) is 0.314. The van der Waals surface area contributed by atoms with Gasteiger partial charge in [0.25, 0.3) is 0 Å². The normalized spacial score (nSPS) is 13.9. The molecule has 6 heteroatoms. The van der Waals surface area contributed by atoms with E-state index in [2.05, 4.69) is 244 Å². The maximum Gasteiger partial charge on any atom is 0.135 e. The average Bonchev–Trinajstić information content (AvgIpc) is 4.11. The number of benzene rings is 7. The Balaban J connectivity index is 0.00000757. The summed E-state index contributed by atoms with van der Waals surface area (Å²) in [6.07, 6.45) is 4.18. The van der Waals surface area contributed by atoms with Crippen LogP contribution < -0.4 is 14.5 Å². The van der Waals surface area contributed by atoms with E-state index < -0.39 is 6.85 Å².